The fourth-order valence-electron chi connectivity index (χ4n) is 1.74. The van der Waals surface area contributed by atoms with Crippen molar-refractivity contribution in [2.75, 3.05) is 4.72 Å². The molecule has 2 rings (SSSR count). The molecule has 0 unspecified atom stereocenters. The van der Waals surface area contributed by atoms with E-state index in [9.17, 15) is 8.42 Å². The molecule has 0 aliphatic carbocycles. The van der Waals surface area contributed by atoms with Gasteiger partial charge < -0.3 is 5.73 Å². The number of sulfonamides is 1. The van der Waals surface area contributed by atoms with Crippen molar-refractivity contribution in [2.45, 2.75) is 18.4 Å². The SMILES string of the molecule is Cc1ccncc1NS(=O)(=O)c1ccc(Cl)c(CN)c1Cl. The predicted molar refractivity (Wildman–Crippen MR) is 84.1 cm³/mol. The molecule has 8 heteroatoms. The summed E-state index contributed by atoms with van der Waals surface area (Å²) in [5.41, 5.74) is 7.07. The van der Waals surface area contributed by atoms with E-state index in [0.717, 1.165) is 5.56 Å². The molecule has 0 fully saturated rings. The first-order valence-corrected chi connectivity index (χ1v) is 8.21. The lowest BCUT2D eigenvalue weighted by atomic mass is 10.2. The molecular formula is C13H13Cl2N3O2S. The van der Waals surface area contributed by atoms with Gasteiger partial charge in [0.2, 0.25) is 0 Å². The summed E-state index contributed by atoms with van der Waals surface area (Å²) in [6, 6.07) is 4.50. The van der Waals surface area contributed by atoms with Crippen LogP contribution in [0, 0.1) is 6.92 Å². The molecule has 1 heterocycles. The van der Waals surface area contributed by atoms with Gasteiger partial charge in [-0.1, -0.05) is 23.2 Å². The second kappa shape index (κ2) is 6.19. The Kier molecular flexibility index (Phi) is 4.73. The van der Waals surface area contributed by atoms with Crippen molar-refractivity contribution in [1.29, 1.82) is 0 Å². The summed E-state index contributed by atoms with van der Waals surface area (Å²) >= 11 is 12.1. The third kappa shape index (κ3) is 3.29. The Morgan fingerprint density at radius 2 is 2.00 bits per heavy atom. The molecule has 0 bridgehead atoms. The van der Waals surface area contributed by atoms with Crippen LogP contribution in [0.25, 0.3) is 0 Å². The number of benzene rings is 1. The monoisotopic (exact) mass is 345 g/mol. The van der Waals surface area contributed by atoms with E-state index < -0.39 is 10.0 Å². The zero-order chi connectivity index (χ0) is 15.6. The molecule has 0 saturated carbocycles. The van der Waals surface area contributed by atoms with Crippen LogP contribution in [0.1, 0.15) is 11.1 Å². The molecule has 2 aromatic rings. The van der Waals surface area contributed by atoms with Gasteiger partial charge in [0, 0.05) is 23.3 Å². The van der Waals surface area contributed by atoms with Crippen LogP contribution in [0.4, 0.5) is 5.69 Å². The first-order chi connectivity index (χ1) is 9.86. The third-order valence-electron chi connectivity index (χ3n) is 2.93. The minimum Gasteiger partial charge on any atom is -0.326 e. The second-order valence-corrected chi connectivity index (χ2v) is 6.77. The lowest BCUT2D eigenvalue weighted by Crippen LogP contribution is -2.15. The van der Waals surface area contributed by atoms with Crippen molar-refractivity contribution >= 4 is 38.9 Å². The minimum atomic E-state index is -3.85. The van der Waals surface area contributed by atoms with Crippen molar-refractivity contribution in [3.63, 3.8) is 0 Å². The maximum atomic E-state index is 12.4. The van der Waals surface area contributed by atoms with Gasteiger partial charge in [-0.05, 0) is 30.7 Å². The van der Waals surface area contributed by atoms with Gasteiger partial charge in [-0.2, -0.15) is 0 Å². The van der Waals surface area contributed by atoms with Gasteiger partial charge >= 0.3 is 0 Å². The molecule has 1 aromatic carbocycles. The number of hydrogen-bond donors (Lipinski definition) is 2. The molecule has 21 heavy (non-hydrogen) atoms. The van der Waals surface area contributed by atoms with Crippen LogP contribution in [0.15, 0.2) is 35.5 Å². The number of anilines is 1. The van der Waals surface area contributed by atoms with E-state index in [0.29, 0.717) is 16.3 Å². The molecule has 0 atom stereocenters. The smallest absolute Gasteiger partial charge is 0.263 e. The third-order valence-corrected chi connectivity index (χ3v) is 5.23. The molecule has 112 valence electrons. The summed E-state index contributed by atoms with van der Waals surface area (Å²) in [6.07, 6.45) is 3.01. The van der Waals surface area contributed by atoms with Crippen LogP contribution < -0.4 is 10.5 Å². The summed E-state index contributed by atoms with van der Waals surface area (Å²) < 4.78 is 27.3. The van der Waals surface area contributed by atoms with E-state index in [1.54, 1.807) is 19.2 Å². The molecule has 0 spiro atoms. The van der Waals surface area contributed by atoms with E-state index in [1.165, 1.54) is 18.3 Å². The van der Waals surface area contributed by atoms with Crippen molar-refractivity contribution in [2.24, 2.45) is 5.73 Å². The van der Waals surface area contributed by atoms with E-state index >= 15 is 0 Å². The fourth-order valence-corrected chi connectivity index (χ4v) is 3.79. The molecule has 0 saturated heterocycles. The summed E-state index contributed by atoms with van der Waals surface area (Å²) in [7, 11) is -3.85. The Labute approximate surface area is 133 Å². The van der Waals surface area contributed by atoms with Gasteiger partial charge in [-0.3, -0.25) is 9.71 Å². The maximum absolute atomic E-state index is 12.4. The number of halogens is 2. The maximum Gasteiger partial charge on any atom is 0.263 e. The van der Waals surface area contributed by atoms with E-state index in [-0.39, 0.29) is 16.5 Å². The normalized spacial score (nSPS) is 11.4. The van der Waals surface area contributed by atoms with Crippen LogP contribution >= 0.6 is 23.2 Å². The Bertz CT molecular complexity index is 779. The fraction of sp³-hybridized carbons (Fsp3) is 0.154. The summed E-state index contributed by atoms with van der Waals surface area (Å²) in [5, 5.41) is 0.359. The molecule has 0 aliphatic rings. The molecule has 0 amide bonds. The lowest BCUT2D eigenvalue weighted by molar-refractivity contribution is 0.601. The first-order valence-electron chi connectivity index (χ1n) is 5.97. The average Bonchev–Trinajstić information content (AvgIpc) is 2.41. The van der Waals surface area contributed by atoms with Crippen LogP contribution in [0.5, 0.6) is 0 Å². The largest absolute Gasteiger partial charge is 0.326 e. The lowest BCUT2D eigenvalue weighted by Gasteiger charge is -2.13. The summed E-state index contributed by atoms with van der Waals surface area (Å²) in [4.78, 5) is 3.82. The number of nitrogens with zero attached hydrogens (tertiary/aromatic N) is 1. The number of aryl methyl sites for hydroxylation is 1. The Hall–Kier alpha value is -1.34. The van der Waals surface area contributed by atoms with Gasteiger partial charge in [-0.25, -0.2) is 8.42 Å². The van der Waals surface area contributed by atoms with Gasteiger partial charge in [0.1, 0.15) is 4.90 Å². The number of hydrogen-bond acceptors (Lipinski definition) is 4. The van der Waals surface area contributed by atoms with E-state index in [4.69, 9.17) is 28.9 Å². The van der Waals surface area contributed by atoms with Crippen molar-refractivity contribution in [3.05, 3.63) is 51.8 Å². The highest BCUT2D eigenvalue weighted by Gasteiger charge is 2.22. The zero-order valence-corrected chi connectivity index (χ0v) is 13.4. The number of rotatable bonds is 4. The molecular weight excluding hydrogens is 333 g/mol. The van der Waals surface area contributed by atoms with Gasteiger partial charge in [0.25, 0.3) is 10.0 Å². The summed E-state index contributed by atoms with van der Waals surface area (Å²) in [5.74, 6) is 0. The van der Waals surface area contributed by atoms with E-state index in [1.807, 2.05) is 0 Å². The van der Waals surface area contributed by atoms with Crippen molar-refractivity contribution < 1.29 is 8.42 Å². The zero-order valence-electron chi connectivity index (χ0n) is 11.1. The van der Waals surface area contributed by atoms with Crippen LogP contribution in [0.3, 0.4) is 0 Å². The highest BCUT2D eigenvalue weighted by molar-refractivity contribution is 7.92. The standard InChI is InChI=1S/C13H13Cl2N3O2S/c1-8-4-5-17-7-11(8)18-21(19,20)12-3-2-10(14)9(6-16)13(12)15/h2-5,7,18H,6,16H2,1H3. The topological polar surface area (TPSA) is 85.1 Å². The molecule has 3 N–H and O–H groups in total. The quantitative estimate of drug-likeness (QED) is 0.891. The van der Waals surface area contributed by atoms with Crippen molar-refractivity contribution in [1.82, 2.24) is 4.98 Å². The average molecular weight is 346 g/mol. The van der Waals surface area contributed by atoms with Gasteiger partial charge in [0.15, 0.2) is 0 Å². The van der Waals surface area contributed by atoms with E-state index in [2.05, 4.69) is 9.71 Å². The first kappa shape index (κ1) is 16.0. The number of nitrogens with two attached hydrogens (primary N) is 1. The van der Waals surface area contributed by atoms with Gasteiger partial charge in [-0.15, -0.1) is 0 Å². The van der Waals surface area contributed by atoms with Crippen LogP contribution in [-0.2, 0) is 16.6 Å². The molecule has 0 radical (unpaired) electrons. The predicted octanol–water partition coefficient (Wildman–Crippen LogP) is 2.96. The Balaban J connectivity index is 2.48. The summed E-state index contributed by atoms with van der Waals surface area (Å²) in [6.45, 7) is 1.82. The minimum absolute atomic E-state index is 0.0269. The van der Waals surface area contributed by atoms with Crippen LogP contribution in [-0.4, -0.2) is 13.4 Å². The second-order valence-electron chi connectivity index (χ2n) is 4.34. The number of pyridine rings is 1. The van der Waals surface area contributed by atoms with Gasteiger partial charge in [0.05, 0.1) is 16.9 Å². The Morgan fingerprint density at radius 3 is 2.62 bits per heavy atom. The van der Waals surface area contributed by atoms with Crippen molar-refractivity contribution in [3.8, 4) is 0 Å². The number of nitrogens with one attached hydrogen (secondary N) is 1. The highest BCUT2D eigenvalue weighted by atomic mass is 35.5. The molecule has 1 aromatic heterocycles. The Morgan fingerprint density at radius 1 is 1.29 bits per heavy atom. The highest BCUT2D eigenvalue weighted by Crippen LogP contribution is 2.32. The number of aromatic nitrogens is 1. The molecule has 5 nitrogen and oxygen atoms in total. The van der Waals surface area contributed by atoms with Crippen LogP contribution in [0.2, 0.25) is 10.0 Å². The molecule has 0 aliphatic heterocycles.